The van der Waals surface area contributed by atoms with Gasteiger partial charge in [0.1, 0.15) is 16.9 Å². The second-order valence-corrected chi connectivity index (χ2v) is 7.28. The van der Waals surface area contributed by atoms with Crippen LogP contribution in [0.25, 0.3) is 0 Å². The minimum Gasteiger partial charge on any atom is -0.363 e. The number of hydrogen-bond donors (Lipinski definition) is 0. The standard InChI is InChI=1S/C11H18N2O3S/c1-9-10(7-16-12-9)17(14,15)13-6-4-5-11(2,3)8-13/h7H,4-6,8H2,1-3H3. The molecule has 0 atom stereocenters. The number of aromatic nitrogens is 1. The molecule has 1 aliphatic heterocycles. The molecule has 96 valence electrons. The van der Waals surface area contributed by atoms with Crippen molar-refractivity contribution in [2.75, 3.05) is 13.1 Å². The molecule has 0 bridgehead atoms. The molecule has 0 N–H and O–H groups in total. The zero-order valence-corrected chi connectivity index (χ0v) is 11.2. The topological polar surface area (TPSA) is 63.4 Å². The maximum absolute atomic E-state index is 12.4. The molecular formula is C11H18N2O3S. The Morgan fingerprint density at radius 1 is 1.47 bits per heavy atom. The van der Waals surface area contributed by atoms with Crippen LogP contribution in [0, 0.1) is 12.3 Å². The lowest BCUT2D eigenvalue weighted by molar-refractivity contribution is 0.187. The van der Waals surface area contributed by atoms with E-state index in [0.29, 0.717) is 18.8 Å². The average molecular weight is 258 g/mol. The Balaban J connectivity index is 2.31. The van der Waals surface area contributed by atoms with Crippen LogP contribution >= 0.6 is 0 Å². The first-order chi connectivity index (χ1) is 7.83. The first kappa shape index (κ1) is 12.6. The lowest BCUT2D eigenvalue weighted by Crippen LogP contribution is -2.43. The van der Waals surface area contributed by atoms with Crippen LogP contribution in [-0.4, -0.2) is 31.0 Å². The zero-order valence-electron chi connectivity index (χ0n) is 10.4. The van der Waals surface area contributed by atoms with Gasteiger partial charge in [0.2, 0.25) is 10.0 Å². The molecule has 1 aromatic heterocycles. The van der Waals surface area contributed by atoms with Crippen molar-refractivity contribution in [1.29, 1.82) is 0 Å². The molecule has 17 heavy (non-hydrogen) atoms. The third-order valence-electron chi connectivity index (χ3n) is 3.19. The van der Waals surface area contributed by atoms with Crippen LogP contribution in [-0.2, 0) is 10.0 Å². The molecule has 1 aliphatic rings. The number of nitrogens with zero attached hydrogens (tertiary/aromatic N) is 2. The van der Waals surface area contributed by atoms with E-state index in [1.807, 2.05) is 0 Å². The Morgan fingerprint density at radius 3 is 2.71 bits per heavy atom. The summed E-state index contributed by atoms with van der Waals surface area (Å²) in [6, 6.07) is 0. The Bertz CT molecular complexity index is 505. The fourth-order valence-corrected chi connectivity index (χ4v) is 3.99. The van der Waals surface area contributed by atoms with Crippen molar-refractivity contribution in [3.63, 3.8) is 0 Å². The lowest BCUT2D eigenvalue weighted by atomic mass is 9.85. The molecule has 0 saturated carbocycles. The van der Waals surface area contributed by atoms with Gasteiger partial charge in [0.25, 0.3) is 0 Å². The molecule has 1 fully saturated rings. The average Bonchev–Trinajstić information content (AvgIpc) is 2.63. The molecule has 1 aromatic rings. The molecule has 0 radical (unpaired) electrons. The summed E-state index contributed by atoms with van der Waals surface area (Å²) in [6.45, 7) is 6.96. The van der Waals surface area contributed by atoms with Crippen LogP contribution in [0.2, 0.25) is 0 Å². The quantitative estimate of drug-likeness (QED) is 0.811. The van der Waals surface area contributed by atoms with E-state index in [-0.39, 0.29) is 10.3 Å². The van der Waals surface area contributed by atoms with E-state index < -0.39 is 10.0 Å². The van der Waals surface area contributed by atoms with Gasteiger partial charge in [-0.25, -0.2) is 8.42 Å². The molecule has 0 unspecified atom stereocenters. The molecule has 2 heterocycles. The van der Waals surface area contributed by atoms with Gasteiger partial charge in [-0.2, -0.15) is 4.31 Å². The van der Waals surface area contributed by atoms with E-state index in [1.54, 1.807) is 6.92 Å². The van der Waals surface area contributed by atoms with E-state index in [9.17, 15) is 8.42 Å². The molecule has 2 rings (SSSR count). The Morgan fingerprint density at radius 2 is 2.18 bits per heavy atom. The first-order valence-corrected chi connectivity index (χ1v) is 7.18. The number of sulfonamides is 1. The smallest absolute Gasteiger partial charge is 0.248 e. The van der Waals surface area contributed by atoms with Crippen LogP contribution < -0.4 is 0 Å². The van der Waals surface area contributed by atoms with Crippen LogP contribution in [0.4, 0.5) is 0 Å². The highest BCUT2D eigenvalue weighted by molar-refractivity contribution is 7.89. The number of aryl methyl sites for hydroxylation is 1. The van der Waals surface area contributed by atoms with Gasteiger partial charge in [0.15, 0.2) is 0 Å². The molecule has 0 aromatic carbocycles. The SMILES string of the molecule is Cc1nocc1S(=O)(=O)N1CCCC(C)(C)C1. The summed E-state index contributed by atoms with van der Waals surface area (Å²) in [5.41, 5.74) is 0.463. The number of piperidine rings is 1. The van der Waals surface area contributed by atoms with E-state index in [4.69, 9.17) is 4.52 Å². The zero-order chi connectivity index (χ0) is 12.7. The molecular weight excluding hydrogens is 240 g/mol. The summed E-state index contributed by atoms with van der Waals surface area (Å²) < 4.78 is 31.0. The molecule has 0 amide bonds. The third kappa shape index (κ3) is 2.37. The Kier molecular flexibility index (Phi) is 3.03. The summed E-state index contributed by atoms with van der Waals surface area (Å²) in [4.78, 5) is 0.190. The minimum absolute atomic E-state index is 0.0381. The molecule has 6 heteroatoms. The maximum Gasteiger partial charge on any atom is 0.248 e. The van der Waals surface area contributed by atoms with Crippen molar-refractivity contribution in [1.82, 2.24) is 9.46 Å². The van der Waals surface area contributed by atoms with Crippen LogP contribution in [0.5, 0.6) is 0 Å². The van der Waals surface area contributed by atoms with E-state index in [1.165, 1.54) is 10.6 Å². The fourth-order valence-electron chi connectivity index (χ4n) is 2.24. The highest BCUT2D eigenvalue weighted by atomic mass is 32.2. The third-order valence-corrected chi connectivity index (χ3v) is 5.13. The molecule has 1 saturated heterocycles. The van der Waals surface area contributed by atoms with Crippen molar-refractivity contribution in [2.24, 2.45) is 5.41 Å². The highest BCUT2D eigenvalue weighted by Gasteiger charge is 2.35. The van der Waals surface area contributed by atoms with Crippen molar-refractivity contribution in [3.8, 4) is 0 Å². The largest absolute Gasteiger partial charge is 0.363 e. The van der Waals surface area contributed by atoms with Crippen LogP contribution in [0.15, 0.2) is 15.7 Å². The Hall–Kier alpha value is -0.880. The Labute approximate surface area is 102 Å². The fraction of sp³-hybridized carbons (Fsp3) is 0.727. The van der Waals surface area contributed by atoms with Crippen LogP contribution in [0.1, 0.15) is 32.4 Å². The summed E-state index contributed by atoms with van der Waals surface area (Å²) >= 11 is 0. The number of rotatable bonds is 2. The van der Waals surface area contributed by atoms with Gasteiger partial charge in [-0.05, 0) is 25.2 Å². The highest BCUT2D eigenvalue weighted by Crippen LogP contribution is 2.32. The predicted octanol–water partition coefficient (Wildman–Crippen LogP) is 1.79. The summed E-state index contributed by atoms with van der Waals surface area (Å²) in [5.74, 6) is 0. The predicted molar refractivity (Wildman–Crippen MR) is 63.0 cm³/mol. The van der Waals surface area contributed by atoms with Crippen molar-refractivity contribution in [2.45, 2.75) is 38.5 Å². The first-order valence-electron chi connectivity index (χ1n) is 5.74. The van der Waals surface area contributed by atoms with Crippen LogP contribution in [0.3, 0.4) is 0 Å². The summed E-state index contributed by atoms with van der Waals surface area (Å²) in [7, 11) is -3.44. The monoisotopic (exact) mass is 258 g/mol. The molecule has 0 spiro atoms. The van der Waals surface area contributed by atoms with Gasteiger partial charge < -0.3 is 4.52 Å². The van der Waals surface area contributed by atoms with Crippen molar-refractivity contribution < 1.29 is 12.9 Å². The normalized spacial score (nSPS) is 21.6. The van der Waals surface area contributed by atoms with Gasteiger partial charge in [-0.15, -0.1) is 0 Å². The lowest BCUT2D eigenvalue weighted by Gasteiger charge is -2.36. The van der Waals surface area contributed by atoms with Gasteiger partial charge >= 0.3 is 0 Å². The second-order valence-electron chi connectivity index (χ2n) is 5.37. The van der Waals surface area contributed by atoms with Gasteiger partial charge in [0, 0.05) is 13.1 Å². The van der Waals surface area contributed by atoms with Gasteiger partial charge in [-0.3, -0.25) is 0 Å². The van der Waals surface area contributed by atoms with E-state index >= 15 is 0 Å². The van der Waals surface area contributed by atoms with Crippen molar-refractivity contribution in [3.05, 3.63) is 12.0 Å². The summed E-state index contributed by atoms with van der Waals surface area (Å²) in [5, 5.41) is 3.63. The van der Waals surface area contributed by atoms with E-state index in [2.05, 4.69) is 19.0 Å². The summed E-state index contributed by atoms with van der Waals surface area (Å²) in [6.07, 6.45) is 3.17. The number of hydrogen-bond acceptors (Lipinski definition) is 4. The van der Waals surface area contributed by atoms with Gasteiger partial charge in [0.05, 0.1) is 0 Å². The minimum atomic E-state index is -3.44. The molecule has 0 aliphatic carbocycles. The second kappa shape index (κ2) is 4.10. The maximum atomic E-state index is 12.4. The van der Waals surface area contributed by atoms with E-state index in [0.717, 1.165) is 12.8 Å². The van der Waals surface area contributed by atoms with Crippen molar-refractivity contribution >= 4 is 10.0 Å². The van der Waals surface area contributed by atoms with Gasteiger partial charge in [-0.1, -0.05) is 19.0 Å². The molecule has 5 nitrogen and oxygen atoms in total.